The third kappa shape index (κ3) is 1.27. The van der Waals surface area contributed by atoms with Crippen molar-refractivity contribution in [1.29, 1.82) is 0 Å². The van der Waals surface area contributed by atoms with Gasteiger partial charge in [0.1, 0.15) is 0 Å². The lowest BCUT2D eigenvalue weighted by molar-refractivity contribution is -0.109. The Labute approximate surface area is 74.7 Å². The quantitative estimate of drug-likeness (QED) is 0.643. The fourth-order valence-corrected chi connectivity index (χ4v) is 2.45. The second-order valence-corrected chi connectivity index (χ2v) is 4.79. The van der Waals surface area contributed by atoms with Gasteiger partial charge in [-0.1, -0.05) is 20.3 Å². The average molecular weight is 169 g/mol. The van der Waals surface area contributed by atoms with E-state index in [0.717, 1.165) is 13.2 Å². The number of piperidine rings is 1. The van der Waals surface area contributed by atoms with E-state index in [1.54, 1.807) is 0 Å². The number of rotatable bonds is 1. The Morgan fingerprint density at radius 2 is 2.17 bits per heavy atom. The molecular formula is C10H19NO. The van der Waals surface area contributed by atoms with Crippen LogP contribution in [0, 0.1) is 5.41 Å². The van der Waals surface area contributed by atoms with Crippen molar-refractivity contribution in [2.45, 2.75) is 38.6 Å². The minimum Gasteiger partial charge on any atom is -0.377 e. The van der Waals surface area contributed by atoms with Gasteiger partial charge in [0.05, 0.1) is 18.8 Å². The lowest BCUT2D eigenvalue weighted by Crippen LogP contribution is -2.65. The molecule has 1 atom stereocenters. The number of hydrogen-bond donors (Lipinski definition) is 1. The molecule has 1 spiro atoms. The monoisotopic (exact) mass is 169 g/mol. The molecule has 0 saturated carbocycles. The first-order valence-corrected chi connectivity index (χ1v) is 5.01. The van der Waals surface area contributed by atoms with Crippen LogP contribution in [0.5, 0.6) is 0 Å². The topological polar surface area (TPSA) is 21.3 Å². The Hall–Kier alpha value is -0.0800. The van der Waals surface area contributed by atoms with Crippen LogP contribution in [-0.2, 0) is 4.74 Å². The number of hydrogen-bond acceptors (Lipinski definition) is 2. The highest BCUT2D eigenvalue weighted by atomic mass is 16.5. The van der Waals surface area contributed by atoms with E-state index in [-0.39, 0.29) is 0 Å². The first kappa shape index (κ1) is 8.52. The molecule has 0 aliphatic carbocycles. The van der Waals surface area contributed by atoms with E-state index >= 15 is 0 Å². The standard InChI is InChI=1S/C10H19NO/c1-3-9(2)4-5-11-10(6-9)7-12-8-10/h11H,3-8H2,1-2H3. The Morgan fingerprint density at radius 3 is 2.67 bits per heavy atom. The summed E-state index contributed by atoms with van der Waals surface area (Å²) in [6.45, 7) is 7.76. The van der Waals surface area contributed by atoms with Gasteiger partial charge in [-0.15, -0.1) is 0 Å². The maximum atomic E-state index is 5.29. The van der Waals surface area contributed by atoms with Crippen molar-refractivity contribution in [2.24, 2.45) is 5.41 Å². The summed E-state index contributed by atoms with van der Waals surface area (Å²) < 4.78 is 5.29. The maximum Gasteiger partial charge on any atom is 0.0672 e. The smallest absolute Gasteiger partial charge is 0.0672 e. The number of nitrogens with one attached hydrogen (secondary N) is 1. The molecule has 0 aromatic heterocycles. The molecule has 1 N–H and O–H groups in total. The first-order chi connectivity index (χ1) is 5.68. The minimum absolute atomic E-state index is 0.364. The Kier molecular flexibility index (Phi) is 1.92. The van der Waals surface area contributed by atoms with Gasteiger partial charge in [0, 0.05) is 0 Å². The molecule has 2 aliphatic rings. The van der Waals surface area contributed by atoms with Crippen molar-refractivity contribution in [1.82, 2.24) is 5.32 Å². The molecule has 2 heteroatoms. The predicted molar refractivity (Wildman–Crippen MR) is 49.2 cm³/mol. The van der Waals surface area contributed by atoms with Crippen LogP contribution in [0.1, 0.15) is 33.1 Å². The van der Waals surface area contributed by atoms with E-state index in [1.165, 1.54) is 25.8 Å². The highest BCUT2D eigenvalue weighted by molar-refractivity contribution is 5.02. The maximum absolute atomic E-state index is 5.29. The molecule has 2 aliphatic heterocycles. The summed E-state index contributed by atoms with van der Waals surface area (Å²) in [6, 6.07) is 0. The molecule has 2 fully saturated rings. The molecule has 2 nitrogen and oxygen atoms in total. The predicted octanol–water partition coefficient (Wildman–Crippen LogP) is 1.56. The first-order valence-electron chi connectivity index (χ1n) is 5.01. The molecule has 0 amide bonds. The van der Waals surface area contributed by atoms with Crippen molar-refractivity contribution in [3.8, 4) is 0 Å². The molecule has 0 radical (unpaired) electrons. The summed E-state index contributed by atoms with van der Waals surface area (Å²) in [5, 5.41) is 3.60. The molecule has 2 saturated heterocycles. The summed E-state index contributed by atoms with van der Waals surface area (Å²) >= 11 is 0. The Morgan fingerprint density at radius 1 is 1.42 bits per heavy atom. The van der Waals surface area contributed by atoms with Crippen LogP contribution in [0.3, 0.4) is 0 Å². The molecule has 0 bridgehead atoms. The third-order valence-electron chi connectivity index (χ3n) is 3.60. The van der Waals surface area contributed by atoms with Gasteiger partial charge < -0.3 is 10.1 Å². The van der Waals surface area contributed by atoms with E-state index in [4.69, 9.17) is 4.74 Å². The van der Waals surface area contributed by atoms with Crippen LogP contribution in [0.15, 0.2) is 0 Å². The molecule has 0 aromatic rings. The van der Waals surface area contributed by atoms with Crippen LogP contribution in [-0.4, -0.2) is 25.3 Å². The van der Waals surface area contributed by atoms with Gasteiger partial charge in [0.2, 0.25) is 0 Å². The normalized spacial score (nSPS) is 39.5. The van der Waals surface area contributed by atoms with Crippen LogP contribution in [0.25, 0.3) is 0 Å². The zero-order valence-electron chi connectivity index (χ0n) is 8.15. The van der Waals surface area contributed by atoms with Gasteiger partial charge in [-0.3, -0.25) is 0 Å². The fraction of sp³-hybridized carbons (Fsp3) is 1.00. The lowest BCUT2D eigenvalue weighted by Gasteiger charge is -2.51. The zero-order valence-corrected chi connectivity index (χ0v) is 8.15. The van der Waals surface area contributed by atoms with Crippen LogP contribution in [0.2, 0.25) is 0 Å². The minimum atomic E-state index is 0.364. The van der Waals surface area contributed by atoms with Crippen LogP contribution in [0.4, 0.5) is 0 Å². The van der Waals surface area contributed by atoms with E-state index in [0.29, 0.717) is 11.0 Å². The molecule has 0 aromatic carbocycles. The van der Waals surface area contributed by atoms with Crippen LogP contribution >= 0.6 is 0 Å². The van der Waals surface area contributed by atoms with Gasteiger partial charge in [0.15, 0.2) is 0 Å². The van der Waals surface area contributed by atoms with E-state index in [2.05, 4.69) is 19.2 Å². The Balaban J connectivity index is 2.03. The van der Waals surface area contributed by atoms with Gasteiger partial charge in [-0.2, -0.15) is 0 Å². The summed E-state index contributed by atoms with van der Waals surface area (Å²) in [4.78, 5) is 0. The second kappa shape index (κ2) is 2.71. The molecular weight excluding hydrogens is 150 g/mol. The molecule has 12 heavy (non-hydrogen) atoms. The second-order valence-electron chi connectivity index (χ2n) is 4.79. The molecule has 1 unspecified atom stereocenters. The van der Waals surface area contributed by atoms with Crippen LogP contribution < -0.4 is 5.32 Å². The van der Waals surface area contributed by atoms with Gasteiger partial charge in [0.25, 0.3) is 0 Å². The average Bonchev–Trinajstić information content (AvgIpc) is 2.02. The van der Waals surface area contributed by atoms with Crippen molar-refractivity contribution in [2.75, 3.05) is 19.8 Å². The molecule has 2 rings (SSSR count). The van der Waals surface area contributed by atoms with Gasteiger partial charge in [-0.05, 0) is 24.8 Å². The van der Waals surface area contributed by atoms with Crippen molar-refractivity contribution < 1.29 is 4.74 Å². The van der Waals surface area contributed by atoms with Gasteiger partial charge in [-0.25, -0.2) is 0 Å². The van der Waals surface area contributed by atoms with Crippen molar-refractivity contribution >= 4 is 0 Å². The molecule has 2 heterocycles. The third-order valence-corrected chi connectivity index (χ3v) is 3.60. The highest BCUT2D eigenvalue weighted by Gasteiger charge is 2.46. The highest BCUT2D eigenvalue weighted by Crippen LogP contribution is 2.41. The summed E-state index contributed by atoms with van der Waals surface area (Å²) in [5.41, 5.74) is 0.929. The van der Waals surface area contributed by atoms with E-state index in [1.807, 2.05) is 0 Å². The number of ether oxygens (including phenoxy) is 1. The van der Waals surface area contributed by atoms with E-state index < -0.39 is 0 Å². The van der Waals surface area contributed by atoms with E-state index in [9.17, 15) is 0 Å². The SMILES string of the molecule is CCC1(C)CCNC2(COC2)C1. The fourth-order valence-electron chi connectivity index (χ4n) is 2.45. The lowest BCUT2D eigenvalue weighted by atomic mass is 9.69. The Bertz CT molecular complexity index is 167. The summed E-state index contributed by atoms with van der Waals surface area (Å²) in [6.07, 6.45) is 3.93. The van der Waals surface area contributed by atoms with Crippen molar-refractivity contribution in [3.05, 3.63) is 0 Å². The molecule has 70 valence electrons. The van der Waals surface area contributed by atoms with Crippen molar-refractivity contribution in [3.63, 3.8) is 0 Å². The summed E-state index contributed by atoms with van der Waals surface area (Å²) in [5.74, 6) is 0. The van der Waals surface area contributed by atoms with Gasteiger partial charge >= 0.3 is 0 Å². The zero-order chi connectivity index (χ0) is 8.66. The summed E-state index contributed by atoms with van der Waals surface area (Å²) in [7, 11) is 0. The largest absolute Gasteiger partial charge is 0.377 e.